The number of carbonyl (C=O) groups is 1. The van der Waals surface area contributed by atoms with E-state index in [2.05, 4.69) is 10.2 Å². The molecule has 0 radical (unpaired) electrons. The number of benzene rings is 2. The molecule has 0 spiro atoms. The molecule has 156 valence electrons. The van der Waals surface area contributed by atoms with Crippen molar-refractivity contribution in [1.82, 2.24) is 9.21 Å². The van der Waals surface area contributed by atoms with Crippen LogP contribution in [-0.4, -0.2) is 63.4 Å². The molecule has 29 heavy (non-hydrogen) atoms. The number of hydrogen-bond acceptors (Lipinski definition) is 5. The molecule has 0 aliphatic carbocycles. The van der Waals surface area contributed by atoms with Gasteiger partial charge in [0.05, 0.1) is 9.92 Å². The van der Waals surface area contributed by atoms with E-state index in [9.17, 15) is 17.6 Å². The van der Waals surface area contributed by atoms with Crippen LogP contribution in [0.5, 0.6) is 5.75 Å². The van der Waals surface area contributed by atoms with Crippen LogP contribution in [0.25, 0.3) is 0 Å². The quantitative estimate of drug-likeness (QED) is 0.744. The zero-order valence-corrected chi connectivity index (χ0v) is 17.3. The second-order valence-electron chi connectivity index (χ2n) is 6.64. The third-order valence-electron chi connectivity index (χ3n) is 4.49. The summed E-state index contributed by atoms with van der Waals surface area (Å²) in [5, 5.41) is 2.68. The Kier molecular flexibility index (Phi) is 6.74. The number of sulfonamides is 1. The van der Waals surface area contributed by atoms with Gasteiger partial charge in [-0.1, -0.05) is 11.6 Å². The van der Waals surface area contributed by atoms with Crippen molar-refractivity contribution in [3.8, 4) is 5.75 Å². The van der Waals surface area contributed by atoms with Crippen LogP contribution < -0.4 is 10.1 Å². The topological polar surface area (TPSA) is 79.0 Å². The van der Waals surface area contributed by atoms with Gasteiger partial charge in [-0.25, -0.2) is 12.8 Å². The first-order valence-corrected chi connectivity index (χ1v) is 10.7. The van der Waals surface area contributed by atoms with E-state index in [0.717, 1.165) is 6.07 Å². The minimum Gasteiger partial charge on any atom is -0.482 e. The van der Waals surface area contributed by atoms with E-state index in [0.29, 0.717) is 31.9 Å². The van der Waals surface area contributed by atoms with E-state index in [1.54, 1.807) is 0 Å². The molecule has 2 aromatic rings. The molecular weight excluding hydrogens is 421 g/mol. The summed E-state index contributed by atoms with van der Waals surface area (Å²) in [5.74, 6) is -0.768. The Morgan fingerprint density at radius 1 is 1.14 bits per heavy atom. The van der Waals surface area contributed by atoms with Crippen molar-refractivity contribution in [2.45, 2.75) is 4.90 Å². The average Bonchev–Trinajstić information content (AvgIpc) is 2.68. The van der Waals surface area contributed by atoms with Gasteiger partial charge in [-0.2, -0.15) is 4.31 Å². The highest BCUT2D eigenvalue weighted by Crippen LogP contribution is 2.25. The number of nitrogens with one attached hydrogen (secondary N) is 1. The van der Waals surface area contributed by atoms with Gasteiger partial charge in [0.15, 0.2) is 6.61 Å². The molecule has 0 atom stereocenters. The number of anilines is 1. The Morgan fingerprint density at radius 3 is 2.41 bits per heavy atom. The molecule has 1 aliphatic heterocycles. The van der Waals surface area contributed by atoms with Crippen LogP contribution in [0, 0.1) is 5.82 Å². The van der Waals surface area contributed by atoms with Crippen molar-refractivity contribution in [3.05, 3.63) is 53.3 Å². The zero-order valence-electron chi connectivity index (χ0n) is 15.8. The fourth-order valence-electron chi connectivity index (χ4n) is 2.82. The van der Waals surface area contributed by atoms with Crippen molar-refractivity contribution < 1.29 is 22.3 Å². The smallest absolute Gasteiger partial charge is 0.262 e. The number of likely N-dealkylation sites (N-methyl/N-ethyl adjacent to an activating group) is 1. The van der Waals surface area contributed by atoms with E-state index in [-0.39, 0.29) is 22.3 Å². The van der Waals surface area contributed by atoms with Gasteiger partial charge in [0, 0.05) is 31.9 Å². The number of nitrogens with zero attached hydrogens (tertiary/aromatic N) is 2. The van der Waals surface area contributed by atoms with Crippen molar-refractivity contribution >= 4 is 33.2 Å². The maximum atomic E-state index is 13.0. The average molecular weight is 442 g/mol. The highest BCUT2D eigenvalue weighted by Gasteiger charge is 2.27. The molecule has 3 rings (SSSR count). The molecule has 0 bridgehead atoms. The predicted molar refractivity (Wildman–Crippen MR) is 108 cm³/mol. The summed E-state index contributed by atoms with van der Waals surface area (Å²) < 4.78 is 45.2. The Morgan fingerprint density at radius 2 is 1.79 bits per heavy atom. The van der Waals surface area contributed by atoms with Gasteiger partial charge < -0.3 is 15.0 Å². The van der Waals surface area contributed by atoms with E-state index < -0.39 is 21.7 Å². The largest absolute Gasteiger partial charge is 0.482 e. The Hall–Kier alpha value is -2.20. The molecule has 0 saturated carbocycles. The molecule has 1 fully saturated rings. The summed E-state index contributed by atoms with van der Waals surface area (Å²) in [6.07, 6.45) is 0. The SMILES string of the molecule is CN1CCN(S(=O)(=O)c2ccc(NC(=O)COc3ccc(F)cc3Cl)cc2)CC1. The zero-order chi connectivity index (χ0) is 21.0. The first kappa shape index (κ1) is 21.5. The molecule has 1 saturated heterocycles. The normalized spacial score (nSPS) is 15.8. The van der Waals surface area contributed by atoms with Crippen LogP contribution in [0.4, 0.5) is 10.1 Å². The van der Waals surface area contributed by atoms with Crippen LogP contribution in [0.15, 0.2) is 47.4 Å². The molecule has 2 aromatic carbocycles. The second-order valence-corrected chi connectivity index (χ2v) is 8.99. The summed E-state index contributed by atoms with van der Waals surface area (Å²) in [7, 11) is -1.61. The lowest BCUT2D eigenvalue weighted by molar-refractivity contribution is -0.118. The standard InChI is InChI=1S/C19H21ClFN3O4S/c1-23-8-10-24(11-9-23)29(26,27)16-5-3-15(4-6-16)22-19(25)13-28-18-7-2-14(21)12-17(18)20/h2-7,12H,8-11,13H2,1H3,(H,22,25). The molecule has 1 N–H and O–H groups in total. The van der Waals surface area contributed by atoms with Crippen LogP contribution >= 0.6 is 11.6 Å². The first-order valence-electron chi connectivity index (χ1n) is 8.92. The van der Waals surface area contributed by atoms with Crippen molar-refractivity contribution in [1.29, 1.82) is 0 Å². The molecule has 7 nitrogen and oxygen atoms in total. The number of amides is 1. The van der Waals surface area contributed by atoms with Gasteiger partial charge in [0.2, 0.25) is 10.0 Å². The van der Waals surface area contributed by atoms with Gasteiger partial charge in [0.1, 0.15) is 11.6 Å². The third kappa shape index (κ3) is 5.45. The monoisotopic (exact) mass is 441 g/mol. The second kappa shape index (κ2) is 9.08. The first-order chi connectivity index (χ1) is 13.8. The van der Waals surface area contributed by atoms with Gasteiger partial charge in [-0.3, -0.25) is 4.79 Å². The van der Waals surface area contributed by atoms with E-state index in [1.807, 2.05) is 7.05 Å². The molecule has 0 aromatic heterocycles. The highest BCUT2D eigenvalue weighted by atomic mass is 35.5. The van der Waals surface area contributed by atoms with Crippen LogP contribution in [0.3, 0.4) is 0 Å². The lowest BCUT2D eigenvalue weighted by Crippen LogP contribution is -2.46. The fourth-order valence-corrected chi connectivity index (χ4v) is 4.46. The van der Waals surface area contributed by atoms with Crippen molar-refractivity contribution in [3.63, 3.8) is 0 Å². The predicted octanol–water partition coefficient (Wildman–Crippen LogP) is 2.43. The van der Waals surface area contributed by atoms with Crippen LogP contribution in [0.2, 0.25) is 5.02 Å². The van der Waals surface area contributed by atoms with E-state index in [4.69, 9.17) is 16.3 Å². The van der Waals surface area contributed by atoms with Crippen LogP contribution in [0.1, 0.15) is 0 Å². The molecular formula is C19H21ClFN3O4S. The summed E-state index contributed by atoms with van der Waals surface area (Å²) in [6, 6.07) is 9.56. The van der Waals surface area contributed by atoms with E-state index in [1.165, 1.54) is 40.7 Å². The van der Waals surface area contributed by atoms with Crippen LogP contribution in [-0.2, 0) is 14.8 Å². The number of rotatable bonds is 6. The fraction of sp³-hybridized carbons (Fsp3) is 0.316. The lowest BCUT2D eigenvalue weighted by Gasteiger charge is -2.31. The molecule has 0 unspecified atom stereocenters. The van der Waals surface area contributed by atoms with Gasteiger partial charge in [-0.05, 0) is 49.5 Å². The third-order valence-corrected chi connectivity index (χ3v) is 6.70. The molecule has 1 heterocycles. The maximum Gasteiger partial charge on any atom is 0.262 e. The summed E-state index contributed by atoms with van der Waals surface area (Å²) >= 11 is 5.85. The highest BCUT2D eigenvalue weighted by molar-refractivity contribution is 7.89. The minimum atomic E-state index is -3.56. The Bertz CT molecular complexity index is 977. The molecule has 1 aliphatic rings. The molecule has 1 amide bonds. The minimum absolute atomic E-state index is 0.0660. The number of piperazine rings is 1. The summed E-state index contributed by atoms with van der Waals surface area (Å²) in [6.45, 7) is 1.94. The summed E-state index contributed by atoms with van der Waals surface area (Å²) in [4.78, 5) is 14.3. The summed E-state index contributed by atoms with van der Waals surface area (Å²) in [5.41, 5.74) is 0.432. The number of ether oxygens (including phenoxy) is 1. The molecule has 10 heteroatoms. The lowest BCUT2D eigenvalue weighted by atomic mass is 10.3. The Labute approximate surface area is 174 Å². The number of carbonyl (C=O) groups excluding carboxylic acids is 1. The van der Waals surface area contributed by atoms with Gasteiger partial charge in [0.25, 0.3) is 5.91 Å². The van der Waals surface area contributed by atoms with Gasteiger partial charge in [-0.15, -0.1) is 0 Å². The number of hydrogen-bond donors (Lipinski definition) is 1. The maximum absolute atomic E-state index is 13.0. The number of halogens is 2. The van der Waals surface area contributed by atoms with Crippen molar-refractivity contribution in [2.24, 2.45) is 0 Å². The van der Waals surface area contributed by atoms with Crippen molar-refractivity contribution in [2.75, 3.05) is 45.2 Å². The van der Waals surface area contributed by atoms with Gasteiger partial charge >= 0.3 is 0 Å². The Balaban J connectivity index is 1.57. The van der Waals surface area contributed by atoms with E-state index >= 15 is 0 Å².